The maximum atomic E-state index is 12.1. The molecule has 1 aromatic rings. The summed E-state index contributed by atoms with van der Waals surface area (Å²) >= 11 is 1.77. The zero-order valence-corrected chi connectivity index (χ0v) is 14.3. The fourth-order valence-electron chi connectivity index (χ4n) is 1.68. The average molecular weight is 361 g/mol. The summed E-state index contributed by atoms with van der Waals surface area (Å²) in [6.45, 7) is 3.67. The Morgan fingerprint density at radius 3 is 2.58 bits per heavy atom. The van der Waals surface area contributed by atoms with Gasteiger partial charge in [-0.3, -0.25) is 4.99 Å². The van der Waals surface area contributed by atoms with Gasteiger partial charge in [-0.05, 0) is 17.7 Å². The minimum atomic E-state index is -4.33. The molecule has 0 saturated carbocycles. The van der Waals surface area contributed by atoms with Crippen molar-refractivity contribution < 1.29 is 17.9 Å². The number of hydrogen-bond acceptors (Lipinski definition) is 3. The lowest BCUT2D eigenvalue weighted by atomic mass is 10.2. The summed E-state index contributed by atoms with van der Waals surface area (Å²) in [5.74, 6) is 2.72. The third-order valence-corrected chi connectivity index (χ3v) is 3.75. The lowest BCUT2D eigenvalue weighted by molar-refractivity contribution is -0.153. The topological polar surface area (TPSA) is 45.7 Å². The number of ether oxygens (including phenoxy) is 1. The van der Waals surface area contributed by atoms with E-state index < -0.39 is 12.8 Å². The minimum absolute atomic E-state index is 0.192. The van der Waals surface area contributed by atoms with Gasteiger partial charge in [-0.15, -0.1) is 6.58 Å². The second-order valence-corrected chi connectivity index (χ2v) is 5.91. The van der Waals surface area contributed by atoms with Crippen molar-refractivity contribution in [3.05, 3.63) is 42.5 Å². The summed E-state index contributed by atoms with van der Waals surface area (Å²) in [7, 11) is 1.68. The van der Waals surface area contributed by atoms with Crippen LogP contribution in [0.3, 0.4) is 0 Å². The molecule has 0 amide bonds. The SMILES string of the molecule is C=CCSCCNC(=NC)NCc1ccc(OCC(F)(F)F)cc1. The molecule has 0 heterocycles. The molecule has 0 aromatic heterocycles. The molecule has 8 heteroatoms. The van der Waals surface area contributed by atoms with Crippen molar-refractivity contribution in [3.8, 4) is 5.75 Å². The zero-order chi connectivity index (χ0) is 17.8. The van der Waals surface area contributed by atoms with E-state index >= 15 is 0 Å². The zero-order valence-electron chi connectivity index (χ0n) is 13.5. The van der Waals surface area contributed by atoms with Gasteiger partial charge in [0.25, 0.3) is 0 Å². The van der Waals surface area contributed by atoms with E-state index in [1.165, 1.54) is 12.1 Å². The number of thioether (sulfide) groups is 1. The summed E-state index contributed by atoms with van der Waals surface area (Å²) in [4.78, 5) is 4.11. The third-order valence-electron chi connectivity index (χ3n) is 2.78. The van der Waals surface area contributed by atoms with Crippen molar-refractivity contribution in [1.82, 2.24) is 10.6 Å². The number of hydrogen-bond donors (Lipinski definition) is 2. The molecule has 0 saturated heterocycles. The Morgan fingerprint density at radius 2 is 2.00 bits per heavy atom. The Labute approximate surface area is 144 Å². The van der Waals surface area contributed by atoms with Crippen LogP contribution in [0.4, 0.5) is 13.2 Å². The van der Waals surface area contributed by atoms with E-state index in [0.717, 1.165) is 23.6 Å². The maximum Gasteiger partial charge on any atom is 0.422 e. The second kappa shape index (κ2) is 10.9. The normalized spacial score (nSPS) is 11.9. The maximum absolute atomic E-state index is 12.1. The standard InChI is InChI=1S/C16H22F3N3OS/c1-3-9-24-10-8-21-15(20-2)22-11-13-4-6-14(7-5-13)23-12-16(17,18)19/h3-7H,1,8-12H2,2H3,(H2,20,21,22). The first-order chi connectivity index (χ1) is 11.4. The predicted octanol–water partition coefficient (Wildman–Crippen LogP) is 3.21. The molecular formula is C16H22F3N3OS. The smallest absolute Gasteiger partial charge is 0.422 e. The monoisotopic (exact) mass is 361 g/mol. The molecule has 0 spiro atoms. The molecule has 4 nitrogen and oxygen atoms in total. The molecule has 0 unspecified atom stereocenters. The highest BCUT2D eigenvalue weighted by Crippen LogP contribution is 2.18. The van der Waals surface area contributed by atoms with Crippen molar-refractivity contribution in [2.75, 3.05) is 31.7 Å². The molecule has 2 N–H and O–H groups in total. The van der Waals surface area contributed by atoms with Crippen LogP contribution in [0.5, 0.6) is 5.75 Å². The van der Waals surface area contributed by atoms with Gasteiger partial charge in [0.05, 0.1) is 0 Å². The first kappa shape index (κ1) is 20.2. The molecular weight excluding hydrogens is 339 g/mol. The van der Waals surface area contributed by atoms with E-state index in [1.54, 1.807) is 30.9 Å². The van der Waals surface area contributed by atoms with Gasteiger partial charge in [0.2, 0.25) is 0 Å². The second-order valence-electron chi connectivity index (χ2n) is 4.76. The van der Waals surface area contributed by atoms with Crippen LogP contribution in [-0.4, -0.2) is 43.8 Å². The summed E-state index contributed by atoms with van der Waals surface area (Å²) in [6.07, 6.45) is -2.47. The molecule has 134 valence electrons. The third kappa shape index (κ3) is 9.34. The van der Waals surface area contributed by atoms with E-state index in [2.05, 4.69) is 26.9 Å². The highest BCUT2D eigenvalue weighted by molar-refractivity contribution is 7.99. The van der Waals surface area contributed by atoms with Crippen molar-refractivity contribution in [1.29, 1.82) is 0 Å². The number of aliphatic imine (C=N–C) groups is 1. The number of rotatable bonds is 9. The first-order valence-electron chi connectivity index (χ1n) is 7.36. The quantitative estimate of drug-likeness (QED) is 0.307. The number of alkyl halides is 3. The van der Waals surface area contributed by atoms with Crippen molar-refractivity contribution in [3.63, 3.8) is 0 Å². The van der Waals surface area contributed by atoms with Gasteiger partial charge in [0.15, 0.2) is 12.6 Å². The van der Waals surface area contributed by atoms with Crippen LogP contribution in [0.25, 0.3) is 0 Å². The molecule has 1 aromatic carbocycles. The van der Waals surface area contributed by atoms with Gasteiger partial charge < -0.3 is 15.4 Å². The highest BCUT2D eigenvalue weighted by atomic mass is 32.2. The van der Waals surface area contributed by atoms with Gasteiger partial charge >= 0.3 is 6.18 Å². The molecule has 0 radical (unpaired) electrons. The molecule has 0 aliphatic rings. The van der Waals surface area contributed by atoms with Gasteiger partial charge in [-0.2, -0.15) is 24.9 Å². The molecule has 0 bridgehead atoms. The molecule has 0 aliphatic carbocycles. The van der Waals surface area contributed by atoms with Crippen molar-refractivity contribution in [2.24, 2.45) is 4.99 Å². The summed E-state index contributed by atoms with van der Waals surface area (Å²) in [5, 5.41) is 6.32. The van der Waals surface area contributed by atoms with Crippen LogP contribution in [0.15, 0.2) is 41.9 Å². The Hall–Kier alpha value is -1.83. The number of nitrogens with zero attached hydrogens (tertiary/aromatic N) is 1. The van der Waals surface area contributed by atoms with E-state index in [9.17, 15) is 13.2 Å². The fourth-order valence-corrected chi connectivity index (χ4v) is 2.26. The molecule has 0 aliphatic heterocycles. The molecule has 0 atom stereocenters. The van der Waals surface area contributed by atoms with Crippen LogP contribution in [0, 0.1) is 0 Å². The number of guanidine groups is 1. The molecule has 0 fully saturated rings. The summed E-state index contributed by atoms with van der Waals surface area (Å²) in [6, 6.07) is 6.47. The largest absolute Gasteiger partial charge is 0.484 e. The Morgan fingerprint density at radius 1 is 1.29 bits per heavy atom. The number of halogens is 3. The van der Waals surface area contributed by atoms with E-state index in [0.29, 0.717) is 12.5 Å². The Bertz CT molecular complexity index is 518. The number of benzene rings is 1. The molecule has 24 heavy (non-hydrogen) atoms. The van der Waals surface area contributed by atoms with Crippen LogP contribution in [0.1, 0.15) is 5.56 Å². The van der Waals surface area contributed by atoms with Crippen LogP contribution in [0.2, 0.25) is 0 Å². The minimum Gasteiger partial charge on any atom is -0.484 e. The highest BCUT2D eigenvalue weighted by Gasteiger charge is 2.28. The average Bonchev–Trinajstić information content (AvgIpc) is 2.56. The van der Waals surface area contributed by atoms with Crippen LogP contribution < -0.4 is 15.4 Å². The van der Waals surface area contributed by atoms with Gasteiger partial charge in [-0.1, -0.05) is 18.2 Å². The van der Waals surface area contributed by atoms with Gasteiger partial charge in [0, 0.05) is 31.6 Å². The fraction of sp³-hybridized carbons (Fsp3) is 0.438. The summed E-state index contributed by atoms with van der Waals surface area (Å²) < 4.78 is 40.9. The van der Waals surface area contributed by atoms with Gasteiger partial charge in [-0.25, -0.2) is 0 Å². The van der Waals surface area contributed by atoms with Crippen LogP contribution in [-0.2, 0) is 6.54 Å². The predicted molar refractivity (Wildman–Crippen MR) is 93.7 cm³/mol. The van der Waals surface area contributed by atoms with E-state index in [-0.39, 0.29) is 5.75 Å². The Balaban J connectivity index is 2.33. The number of nitrogens with one attached hydrogen (secondary N) is 2. The summed E-state index contributed by atoms with van der Waals surface area (Å²) in [5.41, 5.74) is 0.915. The van der Waals surface area contributed by atoms with E-state index in [1.807, 2.05) is 6.08 Å². The lowest BCUT2D eigenvalue weighted by Crippen LogP contribution is -2.37. The Kier molecular flexibility index (Phi) is 9.14. The van der Waals surface area contributed by atoms with Gasteiger partial charge in [0.1, 0.15) is 5.75 Å². The van der Waals surface area contributed by atoms with E-state index in [4.69, 9.17) is 0 Å². The van der Waals surface area contributed by atoms with Crippen LogP contribution >= 0.6 is 11.8 Å². The van der Waals surface area contributed by atoms with Crippen molar-refractivity contribution in [2.45, 2.75) is 12.7 Å². The van der Waals surface area contributed by atoms with Crippen molar-refractivity contribution >= 4 is 17.7 Å². The lowest BCUT2D eigenvalue weighted by Gasteiger charge is -2.12. The molecule has 1 rings (SSSR count). The first-order valence-corrected chi connectivity index (χ1v) is 8.51.